The standard InChI is InChI=1S/C12H20N4O2/c1-12(2,8-16(3)4)7-15-11-13-5-9(6-14-11)10(17)18/h5-6H,7-8H2,1-4H3,(H,17,18)(H,13,14,15). The average molecular weight is 252 g/mol. The first-order chi connectivity index (χ1) is 8.30. The number of anilines is 1. The molecule has 0 spiro atoms. The first-order valence-corrected chi connectivity index (χ1v) is 5.74. The highest BCUT2D eigenvalue weighted by atomic mass is 16.4. The molecule has 0 atom stereocenters. The Bertz CT molecular complexity index is 401. The molecular weight excluding hydrogens is 232 g/mol. The van der Waals surface area contributed by atoms with Crippen LogP contribution in [0.25, 0.3) is 0 Å². The molecule has 0 saturated heterocycles. The maximum Gasteiger partial charge on any atom is 0.338 e. The van der Waals surface area contributed by atoms with Crippen LogP contribution in [0.4, 0.5) is 5.95 Å². The minimum Gasteiger partial charge on any atom is -0.478 e. The second-order valence-corrected chi connectivity index (χ2v) is 5.36. The van der Waals surface area contributed by atoms with Crippen LogP contribution in [-0.4, -0.2) is 53.1 Å². The summed E-state index contributed by atoms with van der Waals surface area (Å²) in [4.78, 5) is 20.7. The highest BCUT2D eigenvalue weighted by Gasteiger charge is 2.19. The Morgan fingerprint density at radius 1 is 1.39 bits per heavy atom. The van der Waals surface area contributed by atoms with Crippen LogP contribution in [0.5, 0.6) is 0 Å². The van der Waals surface area contributed by atoms with E-state index in [9.17, 15) is 4.79 Å². The summed E-state index contributed by atoms with van der Waals surface area (Å²) in [5.41, 5.74) is 0.173. The Hall–Kier alpha value is -1.69. The molecule has 0 saturated carbocycles. The molecule has 0 aliphatic heterocycles. The molecule has 1 aromatic heterocycles. The zero-order valence-corrected chi connectivity index (χ0v) is 11.3. The number of carboxylic acid groups (broad SMARTS) is 1. The van der Waals surface area contributed by atoms with Gasteiger partial charge < -0.3 is 15.3 Å². The van der Waals surface area contributed by atoms with Crippen LogP contribution >= 0.6 is 0 Å². The summed E-state index contributed by atoms with van der Waals surface area (Å²) in [5.74, 6) is -0.568. The maximum atomic E-state index is 10.6. The topological polar surface area (TPSA) is 78.4 Å². The van der Waals surface area contributed by atoms with Crippen molar-refractivity contribution < 1.29 is 9.90 Å². The molecule has 0 aromatic carbocycles. The van der Waals surface area contributed by atoms with Gasteiger partial charge in [0.1, 0.15) is 0 Å². The monoisotopic (exact) mass is 252 g/mol. The summed E-state index contributed by atoms with van der Waals surface area (Å²) in [6.07, 6.45) is 2.60. The maximum absolute atomic E-state index is 10.6. The Balaban J connectivity index is 2.55. The molecule has 6 nitrogen and oxygen atoms in total. The molecule has 0 radical (unpaired) electrons. The van der Waals surface area contributed by atoms with E-state index in [0.717, 1.165) is 13.1 Å². The SMILES string of the molecule is CN(C)CC(C)(C)CNc1ncc(C(=O)O)cn1. The number of aromatic nitrogens is 2. The van der Waals surface area contributed by atoms with Crippen LogP contribution in [0.15, 0.2) is 12.4 Å². The second kappa shape index (κ2) is 5.77. The van der Waals surface area contributed by atoms with Crippen LogP contribution in [-0.2, 0) is 0 Å². The van der Waals surface area contributed by atoms with E-state index in [0.29, 0.717) is 5.95 Å². The second-order valence-electron chi connectivity index (χ2n) is 5.36. The molecule has 1 rings (SSSR count). The van der Waals surface area contributed by atoms with Gasteiger partial charge >= 0.3 is 5.97 Å². The third kappa shape index (κ3) is 4.67. The lowest BCUT2D eigenvalue weighted by Crippen LogP contribution is -2.34. The molecule has 0 aliphatic carbocycles. The van der Waals surface area contributed by atoms with E-state index in [1.165, 1.54) is 12.4 Å². The van der Waals surface area contributed by atoms with Gasteiger partial charge in [0.25, 0.3) is 0 Å². The van der Waals surface area contributed by atoms with Gasteiger partial charge in [-0.25, -0.2) is 14.8 Å². The van der Waals surface area contributed by atoms with Crippen molar-refractivity contribution in [2.75, 3.05) is 32.5 Å². The van der Waals surface area contributed by atoms with Gasteiger partial charge in [-0.3, -0.25) is 0 Å². The van der Waals surface area contributed by atoms with Crippen molar-refractivity contribution in [1.29, 1.82) is 0 Å². The molecular formula is C12H20N4O2. The van der Waals surface area contributed by atoms with Crippen LogP contribution in [0.3, 0.4) is 0 Å². The number of carbonyl (C=O) groups is 1. The summed E-state index contributed by atoms with van der Waals surface area (Å²) in [6.45, 7) is 5.95. The molecule has 0 aliphatic rings. The minimum atomic E-state index is -1.02. The average Bonchev–Trinajstić information content (AvgIpc) is 2.25. The number of hydrogen-bond acceptors (Lipinski definition) is 5. The van der Waals surface area contributed by atoms with Gasteiger partial charge in [0, 0.05) is 25.5 Å². The quantitative estimate of drug-likeness (QED) is 0.791. The number of nitrogens with zero attached hydrogens (tertiary/aromatic N) is 3. The van der Waals surface area contributed by atoms with Crippen LogP contribution in [0.1, 0.15) is 24.2 Å². The molecule has 0 unspecified atom stereocenters. The van der Waals surface area contributed by atoms with Gasteiger partial charge in [-0.15, -0.1) is 0 Å². The Kier molecular flexibility index (Phi) is 4.61. The lowest BCUT2D eigenvalue weighted by atomic mass is 9.93. The largest absolute Gasteiger partial charge is 0.478 e. The van der Waals surface area contributed by atoms with Gasteiger partial charge in [0.2, 0.25) is 5.95 Å². The summed E-state index contributed by atoms with van der Waals surface area (Å²) >= 11 is 0. The Morgan fingerprint density at radius 2 is 1.94 bits per heavy atom. The van der Waals surface area contributed by atoms with Crippen molar-refractivity contribution in [2.45, 2.75) is 13.8 Å². The van der Waals surface area contributed by atoms with Gasteiger partial charge in [-0.2, -0.15) is 0 Å². The van der Waals surface area contributed by atoms with E-state index < -0.39 is 5.97 Å². The van der Waals surface area contributed by atoms with E-state index in [1.54, 1.807) is 0 Å². The molecule has 1 heterocycles. The first kappa shape index (κ1) is 14.4. The third-order valence-electron chi connectivity index (χ3n) is 2.37. The van der Waals surface area contributed by atoms with Gasteiger partial charge in [-0.1, -0.05) is 13.8 Å². The summed E-state index contributed by atoms with van der Waals surface area (Å²) in [7, 11) is 4.06. The van der Waals surface area contributed by atoms with Crippen LogP contribution in [0.2, 0.25) is 0 Å². The van der Waals surface area contributed by atoms with Crippen molar-refractivity contribution >= 4 is 11.9 Å². The van der Waals surface area contributed by atoms with Crippen molar-refractivity contribution in [3.05, 3.63) is 18.0 Å². The molecule has 6 heteroatoms. The summed E-state index contributed by atoms with van der Waals surface area (Å²) in [6, 6.07) is 0. The number of nitrogens with one attached hydrogen (secondary N) is 1. The Labute approximate surface area is 107 Å². The molecule has 0 amide bonds. The van der Waals surface area contributed by atoms with Crippen molar-refractivity contribution in [3.8, 4) is 0 Å². The minimum absolute atomic E-state index is 0.0817. The molecule has 0 fully saturated rings. The smallest absolute Gasteiger partial charge is 0.338 e. The Morgan fingerprint density at radius 3 is 2.39 bits per heavy atom. The number of rotatable bonds is 6. The normalized spacial score (nSPS) is 11.6. The highest BCUT2D eigenvalue weighted by molar-refractivity contribution is 5.86. The molecule has 2 N–H and O–H groups in total. The predicted octanol–water partition coefficient (Wildman–Crippen LogP) is 1.17. The molecule has 1 aromatic rings. The fraction of sp³-hybridized carbons (Fsp3) is 0.583. The first-order valence-electron chi connectivity index (χ1n) is 5.74. The molecule has 18 heavy (non-hydrogen) atoms. The predicted molar refractivity (Wildman–Crippen MR) is 69.8 cm³/mol. The van der Waals surface area contributed by atoms with Crippen LogP contribution in [0, 0.1) is 5.41 Å². The van der Waals surface area contributed by atoms with Gasteiger partial charge in [-0.05, 0) is 19.5 Å². The third-order valence-corrected chi connectivity index (χ3v) is 2.37. The van der Waals surface area contributed by atoms with E-state index in [2.05, 4.69) is 34.0 Å². The van der Waals surface area contributed by atoms with E-state index in [4.69, 9.17) is 5.11 Å². The number of carboxylic acids is 1. The number of aromatic carboxylic acids is 1. The zero-order chi connectivity index (χ0) is 13.8. The van der Waals surface area contributed by atoms with E-state index in [-0.39, 0.29) is 11.0 Å². The summed E-state index contributed by atoms with van der Waals surface area (Å²) < 4.78 is 0. The lowest BCUT2D eigenvalue weighted by molar-refractivity contribution is 0.0696. The fourth-order valence-electron chi connectivity index (χ4n) is 1.76. The van der Waals surface area contributed by atoms with Gasteiger partial charge in [0.15, 0.2) is 0 Å². The van der Waals surface area contributed by atoms with Crippen molar-refractivity contribution in [3.63, 3.8) is 0 Å². The fourth-order valence-corrected chi connectivity index (χ4v) is 1.76. The van der Waals surface area contributed by atoms with Gasteiger partial charge in [0.05, 0.1) is 5.56 Å². The number of hydrogen-bond donors (Lipinski definition) is 2. The summed E-state index contributed by atoms with van der Waals surface area (Å²) in [5, 5.41) is 11.8. The van der Waals surface area contributed by atoms with Crippen molar-refractivity contribution in [2.24, 2.45) is 5.41 Å². The van der Waals surface area contributed by atoms with E-state index in [1.807, 2.05) is 14.1 Å². The molecule has 0 bridgehead atoms. The van der Waals surface area contributed by atoms with Crippen molar-refractivity contribution in [1.82, 2.24) is 14.9 Å². The lowest BCUT2D eigenvalue weighted by Gasteiger charge is -2.28. The highest BCUT2D eigenvalue weighted by Crippen LogP contribution is 2.16. The zero-order valence-electron chi connectivity index (χ0n) is 11.3. The molecule has 100 valence electrons. The van der Waals surface area contributed by atoms with E-state index >= 15 is 0 Å². The van der Waals surface area contributed by atoms with Crippen LogP contribution < -0.4 is 5.32 Å².